The number of halogens is 1. The largest absolute Gasteiger partial charge is 0.479 e. The van der Waals surface area contributed by atoms with Gasteiger partial charge in [0.15, 0.2) is 5.78 Å². The number of alkyl halides is 1. The van der Waals surface area contributed by atoms with Gasteiger partial charge in [0.2, 0.25) is 11.4 Å². The first-order valence-electron chi connectivity index (χ1n) is 9.12. The summed E-state index contributed by atoms with van der Waals surface area (Å²) in [5.41, 5.74) is 1.31. The van der Waals surface area contributed by atoms with E-state index in [0.29, 0.717) is 13.0 Å². The van der Waals surface area contributed by atoms with E-state index in [4.69, 9.17) is 21.4 Å². The van der Waals surface area contributed by atoms with Crippen LogP contribution in [0.1, 0.15) is 19.8 Å². The Morgan fingerprint density at radius 3 is 2.52 bits per heavy atom. The van der Waals surface area contributed by atoms with E-state index in [-0.39, 0.29) is 11.5 Å². The first-order chi connectivity index (χ1) is 13.8. The van der Waals surface area contributed by atoms with Crippen LogP contribution in [0.3, 0.4) is 0 Å². The molecule has 0 radical (unpaired) electrons. The summed E-state index contributed by atoms with van der Waals surface area (Å²) in [5.74, 6) is -2.42. The second kappa shape index (κ2) is 9.15. The van der Waals surface area contributed by atoms with Gasteiger partial charge in [0.25, 0.3) is 5.91 Å². The third-order valence-corrected chi connectivity index (χ3v) is 6.37. The van der Waals surface area contributed by atoms with Crippen molar-refractivity contribution < 1.29 is 29.0 Å². The molecule has 4 rings (SSSR count). The Labute approximate surface area is 176 Å². The van der Waals surface area contributed by atoms with E-state index in [9.17, 15) is 19.2 Å². The number of amides is 2. The van der Waals surface area contributed by atoms with E-state index >= 15 is 0 Å². The second-order valence-corrected chi connectivity index (χ2v) is 8.37. The number of benzene rings is 1. The van der Waals surface area contributed by atoms with Crippen molar-refractivity contribution in [2.24, 2.45) is 0 Å². The summed E-state index contributed by atoms with van der Waals surface area (Å²) < 4.78 is 5.29. The van der Waals surface area contributed by atoms with Gasteiger partial charge in [-0.15, -0.1) is 11.8 Å². The van der Waals surface area contributed by atoms with Gasteiger partial charge in [0.1, 0.15) is 17.5 Å². The zero-order valence-electron chi connectivity index (χ0n) is 15.7. The number of carbonyl (C=O) groups is 4. The van der Waals surface area contributed by atoms with Gasteiger partial charge in [-0.3, -0.25) is 19.3 Å². The number of carbonyl (C=O) groups excluding carboxylic acids is 3. The van der Waals surface area contributed by atoms with E-state index in [1.165, 1.54) is 18.1 Å². The van der Waals surface area contributed by atoms with Crippen molar-refractivity contribution in [1.29, 1.82) is 0 Å². The quantitative estimate of drug-likeness (QED) is 0.380. The molecule has 0 aromatic heterocycles. The molecule has 0 bridgehead atoms. The van der Waals surface area contributed by atoms with Crippen LogP contribution in [0.4, 0.5) is 0 Å². The predicted octanol–water partition coefficient (Wildman–Crippen LogP) is 1.46. The van der Waals surface area contributed by atoms with Crippen molar-refractivity contribution in [1.82, 2.24) is 10.2 Å². The highest BCUT2D eigenvalue weighted by Crippen LogP contribution is 2.34. The lowest BCUT2D eigenvalue weighted by molar-refractivity contribution is -0.157. The molecule has 4 aliphatic rings. The Morgan fingerprint density at radius 1 is 1.38 bits per heavy atom. The van der Waals surface area contributed by atoms with Gasteiger partial charge in [-0.1, -0.05) is 29.8 Å². The molecule has 4 atom stereocenters. The van der Waals surface area contributed by atoms with Gasteiger partial charge < -0.3 is 15.2 Å². The summed E-state index contributed by atoms with van der Waals surface area (Å²) in [6.07, 6.45) is 1.04. The fourth-order valence-electron chi connectivity index (χ4n) is 3.14. The highest BCUT2D eigenvalue weighted by atomic mass is 35.5. The second-order valence-electron chi connectivity index (χ2n) is 6.85. The summed E-state index contributed by atoms with van der Waals surface area (Å²) in [6.45, 7) is 1.80. The van der Waals surface area contributed by atoms with Crippen molar-refractivity contribution in [2.45, 2.75) is 42.8 Å². The smallest absolute Gasteiger partial charge is 0.342 e. The van der Waals surface area contributed by atoms with Crippen LogP contribution in [0.2, 0.25) is 0 Å². The number of Topliss-reactive ketones (excluding diaryl/α,β-unsaturated/α-hetero) is 1. The number of nitrogens with one attached hydrogen (secondary N) is 1. The number of hydrogen-bond donors (Lipinski definition) is 2. The van der Waals surface area contributed by atoms with Crippen molar-refractivity contribution in [3.05, 3.63) is 24.3 Å². The van der Waals surface area contributed by atoms with Crippen LogP contribution in [-0.2, 0) is 23.9 Å². The van der Waals surface area contributed by atoms with Crippen molar-refractivity contribution in [3.8, 4) is 11.1 Å². The van der Waals surface area contributed by atoms with Gasteiger partial charge in [-0.25, -0.2) is 4.79 Å². The Balaban J connectivity index is 0.000000334. The average molecular weight is 441 g/mol. The molecule has 29 heavy (non-hydrogen) atoms. The Kier molecular flexibility index (Phi) is 6.81. The maximum absolute atomic E-state index is 12.0. The van der Waals surface area contributed by atoms with Crippen LogP contribution in [0, 0.1) is 0 Å². The third-order valence-electron chi connectivity index (χ3n) is 4.68. The Bertz CT molecular complexity index is 811. The molecule has 4 unspecified atom stereocenters. The number of thioether (sulfide) groups is 1. The minimum atomic E-state index is -1.54. The van der Waals surface area contributed by atoms with Crippen molar-refractivity contribution in [3.63, 3.8) is 0 Å². The number of carboxylic acid groups (broad SMARTS) is 1. The van der Waals surface area contributed by atoms with Gasteiger partial charge in [-0.05, 0) is 30.0 Å². The number of rotatable bonds is 7. The lowest BCUT2D eigenvalue weighted by atomic mass is 10.1. The van der Waals surface area contributed by atoms with Gasteiger partial charge in [-0.2, -0.15) is 0 Å². The summed E-state index contributed by atoms with van der Waals surface area (Å²) >= 11 is 6.80. The topological polar surface area (TPSA) is 113 Å². The van der Waals surface area contributed by atoms with Gasteiger partial charge in [0.05, 0.1) is 5.75 Å². The molecule has 8 nitrogen and oxygen atoms in total. The molecule has 2 amide bonds. The van der Waals surface area contributed by atoms with E-state index in [0.717, 1.165) is 23.1 Å². The highest BCUT2D eigenvalue weighted by Gasteiger charge is 2.52. The minimum absolute atomic E-state index is 0.0540. The van der Waals surface area contributed by atoms with Crippen LogP contribution >= 0.6 is 23.4 Å². The number of carboxylic acids is 1. The van der Waals surface area contributed by atoms with Crippen LogP contribution in [0.25, 0.3) is 11.1 Å². The molecule has 0 aromatic carbocycles. The molecule has 2 aliphatic carbocycles. The summed E-state index contributed by atoms with van der Waals surface area (Å²) in [6, 6.07) is 7.60. The van der Waals surface area contributed by atoms with Crippen molar-refractivity contribution in [2.75, 3.05) is 12.4 Å². The standard InChI is InChI=1S/C13H17ClN2O6S.C6H4/c1-6(17)15-9-11(19)16(10(14)13(20)21)12(9)23-5-7(18)8-3-2-4-22-8;1-2-5-4-6(5)3-1/h8-10,12H,2-5H2,1H3,(H,15,17)(H,20,21);1-4H. The van der Waals surface area contributed by atoms with E-state index in [1.54, 1.807) is 0 Å². The first kappa shape index (κ1) is 21.6. The lowest BCUT2D eigenvalue weighted by Gasteiger charge is -2.47. The number of nitrogens with zero attached hydrogens (tertiary/aromatic N) is 1. The number of fused-ring (bicyclic) bond motifs is 1. The van der Waals surface area contributed by atoms with E-state index in [2.05, 4.69) is 29.6 Å². The number of aliphatic carboxylic acids is 1. The van der Waals surface area contributed by atoms with Crippen LogP contribution in [0.5, 0.6) is 0 Å². The fraction of sp³-hybridized carbons (Fsp3) is 0.474. The monoisotopic (exact) mass is 440 g/mol. The van der Waals surface area contributed by atoms with E-state index in [1.807, 2.05) is 0 Å². The van der Waals surface area contributed by atoms with Crippen molar-refractivity contribution >= 4 is 46.9 Å². The summed E-state index contributed by atoms with van der Waals surface area (Å²) in [4.78, 5) is 47.1. The molecule has 10 heteroatoms. The molecular formula is C19H21ClN2O6S. The Morgan fingerprint density at radius 2 is 2.07 bits per heavy atom. The zero-order chi connectivity index (χ0) is 21.1. The molecule has 0 saturated carbocycles. The number of ketones is 1. The fourth-order valence-corrected chi connectivity index (χ4v) is 4.71. The number of β-lactam (4-membered cyclic amide) rings is 1. The number of likely N-dealkylation sites (tertiary alicyclic amines) is 1. The molecule has 0 aromatic rings. The maximum atomic E-state index is 12.0. The van der Waals surface area contributed by atoms with Gasteiger partial charge in [0, 0.05) is 13.5 Å². The Hall–Kier alpha value is -2.10. The molecule has 2 aliphatic heterocycles. The molecule has 2 heterocycles. The number of ether oxygens (including phenoxy) is 1. The molecule has 0 spiro atoms. The zero-order valence-corrected chi connectivity index (χ0v) is 17.2. The molecule has 156 valence electrons. The van der Waals surface area contributed by atoms with Crippen LogP contribution < -0.4 is 5.32 Å². The normalized spacial score (nSPS) is 24.7. The first-order valence-corrected chi connectivity index (χ1v) is 10.6. The summed E-state index contributed by atoms with van der Waals surface area (Å²) in [7, 11) is 0. The predicted molar refractivity (Wildman–Crippen MR) is 107 cm³/mol. The van der Waals surface area contributed by atoms with E-state index < -0.39 is 40.8 Å². The third kappa shape index (κ3) is 5.09. The number of hydrogen-bond acceptors (Lipinski definition) is 6. The molecular weight excluding hydrogens is 420 g/mol. The van der Waals surface area contributed by atoms with Crippen LogP contribution in [0.15, 0.2) is 24.3 Å². The average Bonchev–Trinajstić information content (AvgIpc) is 3.07. The lowest BCUT2D eigenvalue weighted by Crippen LogP contribution is -2.72. The minimum Gasteiger partial charge on any atom is -0.479 e. The summed E-state index contributed by atoms with van der Waals surface area (Å²) in [5, 5.41) is 10.7. The molecule has 2 N–H and O–H groups in total. The SMILES string of the molecule is CC(=O)NC1C(=O)N(C(Cl)C(=O)O)C1SCC(=O)C1CCCO1.c1cc2cc-2c1. The molecule has 2 saturated heterocycles. The maximum Gasteiger partial charge on any atom is 0.342 e. The highest BCUT2D eigenvalue weighted by molar-refractivity contribution is 8.00. The molecule has 2 fully saturated rings. The van der Waals surface area contributed by atoms with Crippen LogP contribution in [-0.4, -0.2) is 69.0 Å². The van der Waals surface area contributed by atoms with Gasteiger partial charge >= 0.3 is 5.97 Å².